The molecule has 0 bridgehead atoms. The Morgan fingerprint density at radius 2 is 0.704 bits per heavy atom. The van der Waals surface area contributed by atoms with Crippen LogP contribution in [-0.2, 0) is 32.7 Å². The molecule has 474 valence electrons. The van der Waals surface area contributed by atoms with Crippen molar-refractivity contribution in [3.8, 4) is 0 Å². The maximum atomic E-state index is 12.9. The normalized spacial score (nSPS) is 13.5. The van der Waals surface area contributed by atoms with Gasteiger partial charge in [-0.25, -0.2) is 4.57 Å². The van der Waals surface area contributed by atoms with Crippen LogP contribution in [0, 0.1) is 0 Å². The Labute approximate surface area is 502 Å². The number of unbranched alkanes of at least 4 members (excludes halogenated alkanes) is 40. The molecule has 9 nitrogen and oxygen atoms in total. The van der Waals surface area contributed by atoms with Crippen molar-refractivity contribution >= 4 is 19.8 Å². The third-order valence-electron chi connectivity index (χ3n) is 15.3. The van der Waals surface area contributed by atoms with E-state index in [0.29, 0.717) is 23.9 Å². The van der Waals surface area contributed by atoms with Gasteiger partial charge in [-0.1, -0.05) is 319 Å². The molecule has 0 amide bonds. The number of phosphoric ester groups is 1. The lowest BCUT2D eigenvalue weighted by Crippen LogP contribution is -2.37. The number of rotatable bonds is 64. The first-order valence-electron chi connectivity index (χ1n) is 34.5. The van der Waals surface area contributed by atoms with E-state index >= 15 is 0 Å². The largest absolute Gasteiger partial charge is 0.472 e. The van der Waals surface area contributed by atoms with E-state index < -0.39 is 26.5 Å². The van der Waals surface area contributed by atoms with E-state index in [1.807, 2.05) is 21.1 Å². The zero-order chi connectivity index (χ0) is 59.1. The molecule has 10 heteroatoms. The number of carbonyl (C=O) groups excluding carboxylic acids is 2. The number of hydrogen-bond acceptors (Lipinski definition) is 7. The minimum atomic E-state index is -4.39. The van der Waals surface area contributed by atoms with Gasteiger partial charge in [0.25, 0.3) is 0 Å². The summed E-state index contributed by atoms with van der Waals surface area (Å²) in [7, 11) is 1.49. The van der Waals surface area contributed by atoms with Gasteiger partial charge in [-0.3, -0.25) is 18.6 Å². The third kappa shape index (κ3) is 66.7. The Hall–Kier alpha value is -2.29. The molecule has 0 aromatic rings. The van der Waals surface area contributed by atoms with Crippen LogP contribution in [0.3, 0.4) is 0 Å². The van der Waals surface area contributed by atoms with Crippen molar-refractivity contribution in [2.45, 2.75) is 335 Å². The number of carbonyl (C=O) groups is 2. The Kier molecular flexibility index (Phi) is 60.5. The first-order chi connectivity index (χ1) is 39.5. The summed E-state index contributed by atoms with van der Waals surface area (Å²) in [5.41, 5.74) is 0. The monoisotopic (exact) mass is 1160 g/mol. The fraction of sp³-hybridized carbons (Fsp3) is 0.831. The molecule has 0 saturated carbocycles. The smallest absolute Gasteiger partial charge is 0.462 e. The lowest BCUT2D eigenvalue weighted by molar-refractivity contribution is -0.870. The fourth-order valence-electron chi connectivity index (χ4n) is 10.0. The van der Waals surface area contributed by atoms with Crippen molar-refractivity contribution < 1.29 is 42.1 Å². The summed E-state index contributed by atoms with van der Waals surface area (Å²) >= 11 is 0. The summed E-state index contributed by atoms with van der Waals surface area (Å²) in [4.78, 5) is 35.8. The second kappa shape index (κ2) is 62.2. The number of phosphoric acid groups is 1. The number of allylic oxidation sites excluding steroid dienone is 10. The summed E-state index contributed by atoms with van der Waals surface area (Å²) in [6, 6.07) is 0. The average molecular weight is 1160 g/mol. The van der Waals surface area contributed by atoms with E-state index in [-0.39, 0.29) is 25.6 Å². The van der Waals surface area contributed by atoms with Gasteiger partial charge in [0.2, 0.25) is 0 Å². The molecule has 81 heavy (non-hydrogen) atoms. The van der Waals surface area contributed by atoms with Gasteiger partial charge in [0, 0.05) is 12.8 Å². The van der Waals surface area contributed by atoms with Crippen molar-refractivity contribution in [2.75, 3.05) is 47.5 Å². The van der Waals surface area contributed by atoms with Gasteiger partial charge in [0.15, 0.2) is 6.10 Å². The number of likely N-dealkylation sites (N-methyl/N-ethyl adjacent to an activating group) is 1. The molecule has 2 atom stereocenters. The minimum Gasteiger partial charge on any atom is -0.462 e. The molecule has 0 saturated heterocycles. The Morgan fingerprint density at radius 3 is 1.05 bits per heavy atom. The molecule has 0 fully saturated rings. The molecular formula is C71H133NO8P+. The summed E-state index contributed by atoms with van der Waals surface area (Å²) in [6.07, 6.45) is 81.8. The van der Waals surface area contributed by atoms with Crippen LogP contribution in [0.1, 0.15) is 328 Å². The molecule has 0 aliphatic carbocycles. The Morgan fingerprint density at radius 1 is 0.395 bits per heavy atom. The fourth-order valence-corrected chi connectivity index (χ4v) is 10.8. The number of ether oxygens (including phenoxy) is 2. The van der Waals surface area contributed by atoms with Gasteiger partial charge in [-0.15, -0.1) is 0 Å². The minimum absolute atomic E-state index is 0.0338. The second-order valence-corrected chi connectivity index (χ2v) is 26.0. The van der Waals surface area contributed by atoms with Crippen molar-refractivity contribution in [1.82, 2.24) is 0 Å². The van der Waals surface area contributed by atoms with Crippen LogP contribution in [0.2, 0.25) is 0 Å². The molecule has 0 radical (unpaired) electrons. The van der Waals surface area contributed by atoms with E-state index in [2.05, 4.69) is 74.6 Å². The van der Waals surface area contributed by atoms with E-state index in [4.69, 9.17) is 18.5 Å². The lowest BCUT2D eigenvalue weighted by atomic mass is 10.0. The van der Waals surface area contributed by atoms with E-state index in [1.165, 1.54) is 231 Å². The highest BCUT2D eigenvalue weighted by Gasteiger charge is 2.27. The topological polar surface area (TPSA) is 108 Å². The number of esters is 2. The van der Waals surface area contributed by atoms with E-state index in [9.17, 15) is 19.0 Å². The van der Waals surface area contributed by atoms with Crippen molar-refractivity contribution in [1.29, 1.82) is 0 Å². The molecule has 0 heterocycles. The SMILES string of the molecule is CC/C=C\C/C=C\C/C=C\C/C=C\C/C=C\CCCCCCCCCCCCCCCCCCCCCC(=O)OC(COC(=O)CCCCCCCCCCCCCCCCCCCCCCCC)COP(=O)(O)OCC[N+](C)(C)C. The zero-order valence-corrected chi connectivity index (χ0v) is 54.9. The Bertz CT molecular complexity index is 1550. The zero-order valence-electron chi connectivity index (χ0n) is 54.0. The highest BCUT2D eigenvalue weighted by Crippen LogP contribution is 2.43. The molecule has 0 rings (SSSR count). The molecule has 0 aromatic carbocycles. The van der Waals surface area contributed by atoms with Crippen molar-refractivity contribution in [3.63, 3.8) is 0 Å². The number of hydrogen-bond donors (Lipinski definition) is 1. The maximum Gasteiger partial charge on any atom is 0.472 e. The van der Waals surface area contributed by atoms with E-state index in [1.54, 1.807) is 0 Å². The number of quaternary nitrogens is 1. The van der Waals surface area contributed by atoms with Gasteiger partial charge in [0.05, 0.1) is 27.7 Å². The summed E-state index contributed by atoms with van der Waals surface area (Å²) in [5.74, 6) is -0.778. The van der Waals surface area contributed by atoms with Crippen LogP contribution in [-0.4, -0.2) is 74.9 Å². The van der Waals surface area contributed by atoms with E-state index in [0.717, 1.165) is 64.2 Å². The van der Waals surface area contributed by atoms with Crippen LogP contribution in [0.4, 0.5) is 0 Å². The van der Waals surface area contributed by atoms with Crippen LogP contribution in [0.25, 0.3) is 0 Å². The van der Waals surface area contributed by atoms with Gasteiger partial charge in [0.1, 0.15) is 19.8 Å². The highest BCUT2D eigenvalue weighted by molar-refractivity contribution is 7.47. The van der Waals surface area contributed by atoms with Crippen molar-refractivity contribution in [2.24, 2.45) is 0 Å². The average Bonchev–Trinajstić information content (AvgIpc) is 3.43. The molecular weight excluding hydrogens is 1030 g/mol. The van der Waals surface area contributed by atoms with Gasteiger partial charge >= 0.3 is 19.8 Å². The predicted molar refractivity (Wildman–Crippen MR) is 349 cm³/mol. The van der Waals surface area contributed by atoms with Crippen LogP contribution in [0.5, 0.6) is 0 Å². The first-order valence-corrected chi connectivity index (χ1v) is 36.0. The van der Waals surface area contributed by atoms with Crippen LogP contribution < -0.4 is 0 Å². The first kappa shape index (κ1) is 78.7. The molecule has 0 spiro atoms. The molecule has 1 N–H and O–H groups in total. The van der Waals surface area contributed by atoms with Gasteiger partial charge in [-0.05, 0) is 57.8 Å². The van der Waals surface area contributed by atoms with Crippen LogP contribution in [0.15, 0.2) is 60.8 Å². The second-order valence-electron chi connectivity index (χ2n) is 24.5. The molecule has 2 unspecified atom stereocenters. The summed E-state index contributed by atoms with van der Waals surface area (Å²) < 4.78 is 34.7. The quantitative estimate of drug-likeness (QED) is 0.0211. The highest BCUT2D eigenvalue weighted by atomic mass is 31.2. The molecule has 0 aromatic heterocycles. The standard InChI is InChI=1S/C71H132NO8P/c1-6-8-10-12-14-16-18-20-22-24-26-28-30-31-32-33-34-35-36-37-38-39-40-41-42-44-46-48-50-52-54-56-58-60-62-64-71(74)80-69(68-79-81(75,76)78-66-65-72(3,4)5)67-77-70(73)63-61-59-57-55-53-51-49-47-45-43-29-27-25-23-21-19-17-15-13-11-9-7-2/h8,10,14,16,20,22,26,28,31-32,69H,6-7,9,11-13,15,17-19,21,23-25,27,29-30,33-68H2,1-5H3/p+1/b10-8-,16-14-,22-20-,28-26-,32-31-. The number of nitrogens with zero attached hydrogens (tertiary/aromatic N) is 1. The van der Waals surface area contributed by atoms with Gasteiger partial charge < -0.3 is 18.9 Å². The summed E-state index contributed by atoms with van der Waals surface area (Å²) in [5, 5.41) is 0. The van der Waals surface area contributed by atoms with Gasteiger partial charge in [-0.2, -0.15) is 0 Å². The van der Waals surface area contributed by atoms with Crippen molar-refractivity contribution in [3.05, 3.63) is 60.8 Å². The lowest BCUT2D eigenvalue weighted by Gasteiger charge is -2.24. The maximum absolute atomic E-state index is 12.9. The third-order valence-corrected chi connectivity index (χ3v) is 16.3. The van der Waals surface area contributed by atoms with Crippen LogP contribution >= 0.6 is 7.82 Å². The Balaban J connectivity index is 3.99. The summed E-state index contributed by atoms with van der Waals surface area (Å²) in [6.45, 7) is 4.38. The molecule has 0 aliphatic heterocycles. The predicted octanol–water partition coefficient (Wildman–Crippen LogP) is 22.2. The molecule has 0 aliphatic rings.